The van der Waals surface area contributed by atoms with Gasteiger partial charge in [-0.05, 0) is 67.5 Å². The molecule has 43 heavy (non-hydrogen) atoms. The Hall–Kier alpha value is -4.42. The molecule has 2 heterocycles. The number of nitrogen functional groups attached to an aromatic ring is 1. The van der Waals surface area contributed by atoms with E-state index in [4.69, 9.17) is 5.73 Å². The number of carbonyl (C=O) groups is 2. The normalized spacial score (nSPS) is 14.2. The predicted octanol–water partition coefficient (Wildman–Crippen LogP) is 4.90. The van der Waals surface area contributed by atoms with Gasteiger partial charge >= 0.3 is 0 Å². The Morgan fingerprint density at radius 2 is 1.77 bits per heavy atom. The zero-order chi connectivity index (χ0) is 31.0. The van der Waals surface area contributed by atoms with Crippen molar-refractivity contribution in [1.82, 2.24) is 14.6 Å². The molecule has 1 saturated heterocycles. The Kier molecular flexibility index (Phi) is 10.4. The van der Waals surface area contributed by atoms with Gasteiger partial charge in [-0.2, -0.15) is 13.5 Å². The Balaban J connectivity index is 1.65. The van der Waals surface area contributed by atoms with Crippen molar-refractivity contribution < 1.29 is 26.8 Å². The van der Waals surface area contributed by atoms with Crippen molar-refractivity contribution in [3.05, 3.63) is 96.9 Å². The SMILES string of the molecule is C=CC(=O)Nc1c(-c2ccccc2)cccc1S(=O)(=O)NC(CCCc1ccc(N)cn1)C(=O)N1CCC(=C(F)F)CC1. The summed E-state index contributed by atoms with van der Waals surface area (Å²) in [4.78, 5) is 31.5. The number of para-hydroxylation sites is 1. The number of halogens is 2. The summed E-state index contributed by atoms with van der Waals surface area (Å²) < 4.78 is 56.6. The first-order chi connectivity index (χ1) is 20.6. The summed E-state index contributed by atoms with van der Waals surface area (Å²) >= 11 is 0. The average Bonchev–Trinajstić information content (AvgIpc) is 3.01. The summed E-state index contributed by atoms with van der Waals surface area (Å²) in [7, 11) is -4.39. The van der Waals surface area contributed by atoms with E-state index in [1.165, 1.54) is 17.2 Å². The van der Waals surface area contributed by atoms with Crippen LogP contribution in [0.1, 0.15) is 31.4 Å². The number of hydrogen-bond acceptors (Lipinski definition) is 6. The number of aromatic nitrogens is 1. The van der Waals surface area contributed by atoms with Crippen LogP contribution < -0.4 is 15.8 Å². The second kappa shape index (κ2) is 14.2. The number of piperidine rings is 1. The van der Waals surface area contributed by atoms with Gasteiger partial charge in [0, 0.05) is 24.3 Å². The van der Waals surface area contributed by atoms with Crippen LogP contribution in [-0.2, 0) is 26.0 Å². The van der Waals surface area contributed by atoms with Gasteiger partial charge in [-0.15, -0.1) is 0 Å². The molecule has 0 saturated carbocycles. The molecule has 1 unspecified atom stereocenters. The smallest absolute Gasteiger partial charge is 0.269 e. The third-order valence-corrected chi connectivity index (χ3v) is 8.66. The van der Waals surface area contributed by atoms with E-state index < -0.39 is 34.0 Å². The molecule has 12 heteroatoms. The summed E-state index contributed by atoms with van der Waals surface area (Å²) in [5.74, 6) is -1.12. The Bertz CT molecular complexity index is 1600. The van der Waals surface area contributed by atoms with Gasteiger partial charge in [-0.3, -0.25) is 14.6 Å². The maximum absolute atomic E-state index is 13.9. The molecule has 0 aliphatic carbocycles. The molecule has 1 fully saturated rings. The van der Waals surface area contributed by atoms with E-state index in [0.717, 1.165) is 11.8 Å². The number of sulfonamides is 1. The second-order valence-corrected chi connectivity index (χ2v) is 11.8. The molecular formula is C31H33F2N5O4S. The van der Waals surface area contributed by atoms with E-state index in [1.807, 2.05) is 6.07 Å². The first-order valence-corrected chi connectivity index (χ1v) is 15.2. The van der Waals surface area contributed by atoms with Gasteiger partial charge in [-0.1, -0.05) is 49.0 Å². The van der Waals surface area contributed by atoms with Crippen LogP contribution in [0.2, 0.25) is 0 Å². The van der Waals surface area contributed by atoms with E-state index in [1.54, 1.807) is 48.5 Å². The van der Waals surface area contributed by atoms with Crippen molar-refractivity contribution in [2.45, 2.75) is 43.0 Å². The fraction of sp³-hybridized carbons (Fsp3) is 0.258. The molecule has 9 nitrogen and oxygen atoms in total. The van der Waals surface area contributed by atoms with Crippen LogP contribution in [0, 0.1) is 0 Å². The van der Waals surface area contributed by atoms with E-state index in [0.29, 0.717) is 29.7 Å². The zero-order valence-electron chi connectivity index (χ0n) is 23.4. The van der Waals surface area contributed by atoms with Crippen molar-refractivity contribution in [1.29, 1.82) is 0 Å². The molecule has 4 N–H and O–H groups in total. The number of nitrogens with zero attached hydrogens (tertiary/aromatic N) is 2. The van der Waals surface area contributed by atoms with Gasteiger partial charge in [0.25, 0.3) is 6.08 Å². The second-order valence-electron chi connectivity index (χ2n) is 10.1. The van der Waals surface area contributed by atoms with Gasteiger partial charge in [0.05, 0.1) is 17.6 Å². The number of nitrogens with one attached hydrogen (secondary N) is 2. The van der Waals surface area contributed by atoms with Crippen LogP contribution in [0.15, 0.2) is 96.1 Å². The summed E-state index contributed by atoms with van der Waals surface area (Å²) in [5, 5.41) is 2.62. The number of amides is 2. The van der Waals surface area contributed by atoms with Crippen LogP contribution in [0.5, 0.6) is 0 Å². The number of hydrogen-bond donors (Lipinski definition) is 3. The van der Waals surface area contributed by atoms with Crippen molar-refractivity contribution in [3.8, 4) is 11.1 Å². The summed E-state index contributed by atoms with van der Waals surface area (Å²) in [6.07, 6.45) is 1.80. The highest BCUT2D eigenvalue weighted by atomic mass is 32.2. The third-order valence-electron chi connectivity index (χ3n) is 7.15. The number of carbonyl (C=O) groups excluding carboxylic acids is 2. The number of rotatable bonds is 11. The molecule has 1 atom stereocenters. The molecular weight excluding hydrogens is 576 g/mol. The largest absolute Gasteiger partial charge is 0.397 e. The number of nitrogens with two attached hydrogens (primary N) is 1. The molecule has 1 aromatic heterocycles. The molecule has 0 spiro atoms. The molecule has 0 radical (unpaired) electrons. The molecule has 3 aromatic rings. The monoisotopic (exact) mass is 609 g/mol. The molecule has 4 rings (SSSR count). The summed E-state index contributed by atoms with van der Waals surface area (Å²) in [6.45, 7) is 3.56. The number of pyridine rings is 1. The number of benzene rings is 2. The zero-order valence-corrected chi connectivity index (χ0v) is 24.2. The van der Waals surface area contributed by atoms with Crippen LogP contribution >= 0.6 is 0 Å². The minimum absolute atomic E-state index is 0.00376. The van der Waals surface area contributed by atoms with E-state index in [2.05, 4.69) is 21.6 Å². The van der Waals surface area contributed by atoms with Crippen molar-refractivity contribution in [3.63, 3.8) is 0 Å². The molecule has 226 valence electrons. The van der Waals surface area contributed by atoms with Gasteiger partial charge in [0.1, 0.15) is 10.9 Å². The average molecular weight is 610 g/mol. The fourth-order valence-corrected chi connectivity index (χ4v) is 6.29. The van der Waals surface area contributed by atoms with E-state index in [-0.39, 0.29) is 48.5 Å². The molecule has 2 amide bonds. The standard InChI is InChI=1S/C31H33F2N5O4S/c1-2-28(39)36-29-25(21-8-4-3-5-9-21)11-7-13-27(29)43(41,42)37-26(12-6-10-24-15-14-23(34)20-35-24)31(40)38-18-16-22(17-19-38)30(32)33/h2-5,7-9,11,13-15,20,26,37H,1,6,10,12,16-19,34H2,(H,36,39). The number of anilines is 2. The minimum atomic E-state index is -4.39. The Morgan fingerprint density at radius 3 is 2.40 bits per heavy atom. The molecule has 1 aliphatic rings. The Morgan fingerprint density at radius 1 is 1.05 bits per heavy atom. The minimum Gasteiger partial charge on any atom is -0.397 e. The predicted molar refractivity (Wildman–Crippen MR) is 161 cm³/mol. The summed E-state index contributed by atoms with van der Waals surface area (Å²) in [5.41, 5.74) is 8.09. The highest BCUT2D eigenvalue weighted by molar-refractivity contribution is 7.89. The first-order valence-electron chi connectivity index (χ1n) is 13.8. The quantitative estimate of drug-likeness (QED) is 0.265. The highest BCUT2D eigenvalue weighted by Crippen LogP contribution is 2.34. The Labute approximate surface area is 249 Å². The van der Waals surface area contributed by atoms with Crippen molar-refractivity contribution in [2.24, 2.45) is 0 Å². The van der Waals surface area contributed by atoms with Gasteiger partial charge in [-0.25, -0.2) is 8.42 Å². The van der Waals surface area contributed by atoms with Crippen LogP contribution in [0.25, 0.3) is 11.1 Å². The van der Waals surface area contributed by atoms with E-state index in [9.17, 15) is 26.8 Å². The van der Waals surface area contributed by atoms with Crippen LogP contribution in [-0.4, -0.2) is 49.2 Å². The topological polar surface area (TPSA) is 134 Å². The maximum atomic E-state index is 13.9. The lowest BCUT2D eigenvalue weighted by Crippen LogP contribution is -2.50. The summed E-state index contributed by atoms with van der Waals surface area (Å²) in [6, 6.07) is 15.8. The molecule has 0 bridgehead atoms. The highest BCUT2D eigenvalue weighted by Gasteiger charge is 2.32. The molecule has 1 aliphatic heterocycles. The lowest BCUT2D eigenvalue weighted by atomic mass is 10.0. The van der Waals surface area contributed by atoms with E-state index >= 15 is 0 Å². The fourth-order valence-electron chi connectivity index (χ4n) is 4.88. The van der Waals surface area contributed by atoms with Gasteiger partial charge in [0.15, 0.2) is 0 Å². The van der Waals surface area contributed by atoms with Crippen LogP contribution in [0.4, 0.5) is 20.2 Å². The maximum Gasteiger partial charge on any atom is 0.269 e. The lowest BCUT2D eigenvalue weighted by molar-refractivity contribution is -0.133. The number of aryl methyl sites for hydroxylation is 1. The molecule has 2 aromatic carbocycles. The van der Waals surface area contributed by atoms with Crippen LogP contribution in [0.3, 0.4) is 0 Å². The first kappa shape index (κ1) is 31.5. The number of likely N-dealkylation sites (tertiary alicyclic amines) is 1. The van der Waals surface area contributed by atoms with Crippen molar-refractivity contribution >= 4 is 33.2 Å². The van der Waals surface area contributed by atoms with Gasteiger partial charge in [0.2, 0.25) is 21.8 Å². The van der Waals surface area contributed by atoms with Crippen molar-refractivity contribution in [2.75, 3.05) is 24.1 Å². The third kappa shape index (κ3) is 8.11. The van der Waals surface area contributed by atoms with Gasteiger partial charge < -0.3 is 16.0 Å². The lowest BCUT2D eigenvalue weighted by Gasteiger charge is -2.31.